The van der Waals surface area contributed by atoms with E-state index in [1.165, 1.54) is 7.11 Å². The molecule has 0 radical (unpaired) electrons. The smallest absolute Gasteiger partial charge is 0.254 e. The molecule has 0 aliphatic carbocycles. The highest BCUT2D eigenvalue weighted by Gasteiger charge is 2.29. The summed E-state index contributed by atoms with van der Waals surface area (Å²) in [6.07, 6.45) is 2.34. The SMILES string of the molecule is COc1cccc(-c2c3c(nn2C)CN(C(=O)c2ccc4ncccc4c2)CC3)c1F. The van der Waals surface area contributed by atoms with Gasteiger partial charge in [-0.05, 0) is 42.8 Å². The number of carbonyl (C=O) groups excluding carboxylic acids is 1. The Morgan fingerprint density at radius 1 is 1.16 bits per heavy atom. The van der Waals surface area contributed by atoms with Crippen molar-refractivity contribution in [1.29, 1.82) is 0 Å². The van der Waals surface area contributed by atoms with Gasteiger partial charge in [0.25, 0.3) is 5.91 Å². The maximum atomic E-state index is 14.9. The van der Waals surface area contributed by atoms with Gasteiger partial charge in [-0.1, -0.05) is 12.1 Å². The van der Waals surface area contributed by atoms with Gasteiger partial charge >= 0.3 is 0 Å². The second-order valence-electron chi connectivity index (χ2n) is 7.61. The van der Waals surface area contributed by atoms with Crippen LogP contribution in [0.25, 0.3) is 22.2 Å². The molecule has 2 aromatic carbocycles. The molecule has 156 valence electrons. The summed E-state index contributed by atoms with van der Waals surface area (Å²) in [4.78, 5) is 19.2. The van der Waals surface area contributed by atoms with Gasteiger partial charge in [0.1, 0.15) is 0 Å². The molecule has 1 amide bonds. The number of pyridine rings is 1. The maximum Gasteiger partial charge on any atom is 0.254 e. The fraction of sp³-hybridized carbons (Fsp3) is 0.208. The van der Waals surface area contributed by atoms with Crippen LogP contribution >= 0.6 is 0 Å². The molecule has 0 fully saturated rings. The first-order valence-electron chi connectivity index (χ1n) is 10.1. The third-order valence-corrected chi connectivity index (χ3v) is 5.78. The Balaban J connectivity index is 1.46. The van der Waals surface area contributed by atoms with E-state index in [0.717, 1.165) is 27.9 Å². The number of nitrogens with zero attached hydrogens (tertiary/aromatic N) is 4. The lowest BCUT2D eigenvalue weighted by Gasteiger charge is -2.27. The number of methoxy groups -OCH3 is 1. The number of ether oxygens (including phenoxy) is 1. The van der Waals surface area contributed by atoms with Crippen LogP contribution in [0, 0.1) is 5.82 Å². The Labute approximate surface area is 178 Å². The zero-order valence-corrected chi connectivity index (χ0v) is 17.3. The van der Waals surface area contributed by atoms with Crippen molar-refractivity contribution >= 4 is 16.8 Å². The van der Waals surface area contributed by atoms with Crippen molar-refractivity contribution in [3.63, 3.8) is 0 Å². The summed E-state index contributed by atoms with van der Waals surface area (Å²) < 4.78 is 21.7. The molecule has 5 rings (SSSR count). The fourth-order valence-electron chi connectivity index (χ4n) is 4.27. The summed E-state index contributed by atoms with van der Waals surface area (Å²) in [5.41, 5.74) is 4.43. The van der Waals surface area contributed by atoms with E-state index >= 15 is 0 Å². The van der Waals surface area contributed by atoms with E-state index in [4.69, 9.17) is 4.74 Å². The number of aryl methyl sites for hydroxylation is 1. The van der Waals surface area contributed by atoms with Gasteiger partial charge in [-0.2, -0.15) is 5.10 Å². The third kappa shape index (κ3) is 3.22. The first kappa shape index (κ1) is 19.2. The molecule has 2 aromatic heterocycles. The minimum Gasteiger partial charge on any atom is -0.494 e. The molecular weight excluding hydrogens is 395 g/mol. The second kappa shape index (κ2) is 7.50. The minimum atomic E-state index is -0.404. The molecule has 7 heteroatoms. The number of halogens is 1. The second-order valence-corrected chi connectivity index (χ2v) is 7.61. The van der Waals surface area contributed by atoms with E-state index in [1.807, 2.05) is 30.3 Å². The molecular formula is C24H21FN4O2. The maximum absolute atomic E-state index is 14.9. The van der Waals surface area contributed by atoms with Gasteiger partial charge in [0, 0.05) is 41.9 Å². The normalized spacial score (nSPS) is 13.3. The Hall–Kier alpha value is -3.74. The molecule has 0 saturated carbocycles. The number of amides is 1. The Kier molecular flexibility index (Phi) is 4.66. The molecule has 0 bridgehead atoms. The molecule has 0 N–H and O–H groups in total. The minimum absolute atomic E-state index is 0.0452. The average molecular weight is 416 g/mol. The monoisotopic (exact) mass is 416 g/mol. The summed E-state index contributed by atoms with van der Waals surface area (Å²) in [7, 11) is 3.25. The quantitative estimate of drug-likeness (QED) is 0.507. The first-order valence-corrected chi connectivity index (χ1v) is 10.1. The van der Waals surface area contributed by atoms with Gasteiger partial charge in [-0.15, -0.1) is 0 Å². The number of hydrogen-bond acceptors (Lipinski definition) is 4. The van der Waals surface area contributed by atoms with E-state index in [0.29, 0.717) is 30.6 Å². The third-order valence-electron chi connectivity index (χ3n) is 5.78. The zero-order valence-electron chi connectivity index (χ0n) is 17.3. The molecule has 31 heavy (non-hydrogen) atoms. The summed E-state index contributed by atoms with van der Waals surface area (Å²) in [5.74, 6) is -0.249. The Bertz CT molecular complexity index is 1310. The lowest BCUT2D eigenvalue weighted by molar-refractivity contribution is 0.0732. The van der Waals surface area contributed by atoms with Crippen LogP contribution in [0.15, 0.2) is 54.7 Å². The van der Waals surface area contributed by atoms with Gasteiger partial charge in [0.2, 0.25) is 0 Å². The average Bonchev–Trinajstić information content (AvgIpc) is 3.13. The van der Waals surface area contributed by atoms with Crippen molar-refractivity contribution in [3.8, 4) is 17.0 Å². The molecule has 1 aliphatic rings. The number of carbonyl (C=O) groups is 1. The Morgan fingerprint density at radius 3 is 2.87 bits per heavy atom. The molecule has 4 aromatic rings. The summed E-state index contributed by atoms with van der Waals surface area (Å²) >= 11 is 0. The highest BCUT2D eigenvalue weighted by molar-refractivity contribution is 5.98. The number of fused-ring (bicyclic) bond motifs is 2. The van der Waals surface area contributed by atoms with Crippen molar-refractivity contribution in [1.82, 2.24) is 19.7 Å². The summed E-state index contributed by atoms with van der Waals surface area (Å²) in [6, 6.07) is 14.4. The molecule has 0 saturated heterocycles. The van der Waals surface area contributed by atoms with E-state index in [2.05, 4.69) is 10.1 Å². The van der Waals surface area contributed by atoms with Crippen LogP contribution < -0.4 is 4.74 Å². The van der Waals surface area contributed by atoms with Crippen molar-refractivity contribution < 1.29 is 13.9 Å². The first-order chi connectivity index (χ1) is 15.1. The molecule has 3 heterocycles. The lowest BCUT2D eigenvalue weighted by Crippen LogP contribution is -2.36. The van der Waals surface area contributed by atoms with Crippen LogP contribution in [0.3, 0.4) is 0 Å². The van der Waals surface area contributed by atoms with E-state index in [1.54, 1.807) is 41.0 Å². The number of hydrogen-bond donors (Lipinski definition) is 0. The molecule has 6 nitrogen and oxygen atoms in total. The van der Waals surface area contributed by atoms with Crippen LogP contribution in [0.4, 0.5) is 4.39 Å². The van der Waals surface area contributed by atoms with Crippen molar-refractivity contribution in [3.05, 3.63) is 77.4 Å². The van der Waals surface area contributed by atoms with Crippen LogP contribution in [0.1, 0.15) is 21.6 Å². The van der Waals surface area contributed by atoms with Gasteiger partial charge < -0.3 is 9.64 Å². The number of rotatable bonds is 3. The van der Waals surface area contributed by atoms with E-state index < -0.39 is 5.82 Å². The largest absolute Gasteiger partial charge is 0.494 e. The van der Waals surface area contributed by atoms with Crippen molar-refractivity contribution in [2.75, 3.05) is 13.7 Å². The van der Waals surface area contributed by atoms with Crippen LogP contribution in [-0.4, -0.2) is 39.2 Å². The molecule has 0 spiro atoms. The van der Waals surface area contributed by atoms with Gasteiger partial charge in [0.15, 0.2) is 11.6 Å². The lowest BCUT2D eigenvalue weighted by atomic mass is 9.98. The van der Waals surface area contributed by atoms with Gasteiger partial charge in [-0.3, -0.25) is 14.5 Å². The molecule has 0 unspecified atom stereocenters. The predicted molar refractivity (Wildman–Crippen MR) is 115 cm³/mol. The van der Waals surface area contributed by atoms with E-state index in [-0.39, 0.29) is 11.7 Å². The van der Waals surface area contributed by atoms with Gasteiger partial charge in [-0.25, -0.2) is 4.39 Å². The summed E-state index contributed by atoms with van der Waals surface area (Å²) in [5, 5.41) is 5.54. The Morgan fingerprint density at radius 2 is 2.03 bits per heavy atom. The van der Waals surface area contributed by atoms with Crippen molar-refractivity contribution in [2.24, 2.45) is 7.05 Å². The van der Waals surface area contributed by atoms with E-state index in [9.17, 15) is 9.18 Å². The highest BCUT2D eigenvalue weighted by Crippen LogP contribution is 2.34. The van der Waals surface area contributed by atoms with Gasteiger partial charge in [0.05, 0.1) is 30.6 Å². The molecule has 1 aliphatic heterocycles. The standard InChI is InChI=1S/C24H21FN4O2/c1-28-23(18-6-3-7-21(31-2)22(18)25)17-10-12-29(14-20(17)27-28)24(30)16-8-9-19-15(13-16)5-4-11-26-19/h3-9,11,13H,10,12,14H2,1-2H3. The number of benzene rings is 2. The molecule has 0 atom stereocenters. The fourth-order valence-corrected chi connectivity index (χ4v) is 4.27. The highest BCUT2D eigenvalue weighted by atomic mass is 19.1. The van der Waals surface area contributed by atoms with Crippen LogP contribution in [0.5, 0.6) is 5.75 Å². The topological polar surface area (TPSA) is 60.2 Å². The van der Waals surface area contributed by atoms with Crippen molar-refractivity contribution in [2.45, 2.75) is 13.0 Å². The van der Waals surface area contributed by atoms with Crippen LogP contribution in [-0.2, 0) is 20.0 Å². The number of aromatic nitrogens is 3. The summed E-state index contributed by atoms with van der Waals surface area (Å²) in [6.45, 7) is 0.930. The zero-order chi connectivity index (χ0) is 21.5. The predicted octanol–water partition coefficient (Wildman–Crippen LogP) is 3.98. The van der Waals surface area contributed by atoms with Crippen LogP contribution in [0.2, 0.25) is 0 Å².